The summed E-state index contributed by atoms with van der Waals surface area (Å²) in [5.74, 6) is 0. The van der Waals surface area contributed by atoms with E-state index in [-0.39, 0.29) is 9.92 Å². The molecule has 0 aliphatic heterocycles. The highest BCUT2D eigenvalue weighted by atomic mass is 35.5. The molecule has 1 aromatic carbocycles. The average molecular weight is 339 g/mol. The zero-order chi connectivity index (χ0) is 14.2. The van der Waals surface area contributed by atoms with Gasteiger partial charge in [-0.3, -0.25) is 0 Å². The minimum atomic E-state index is -3.92. The van der Waals surface area contributed by atoms with Gasteiger partial charge in [0.1, 0.15) is 5.02 Å². The van der Waals surface area contributed by atoms with Crippen LogP contribution in [0.15, 0.2) is 41.6 Å². The lowest BCUT2D eigenvalue weighted by atomic mass is 10.3. The van der Waals surface area contributed by atoms with Crippen molar-refractivity contribution in [2.45, 2.75) is 4.90 Å². The van der Waals surface area contributed by atoms with Crippen LogP contribution < -0.4 is 9.71 Å². The quantitative estimate of drug-likeness (QED) is 0.855. The van der Waals surface area contributed by atoms with Gasteiger partial charge in [-0.2, -0.15) is 4.57 Å². The van der Waals surface area contributed by atoms with Gasteiger partial charge < -0.3 is 0 Å². The van der Waals surface area contributed by atoms with Crippen LogP contribution >= 0.6 is 34.8 Å². The number of halogens is 3. The average Bonchev–Trinajstić information content (AvgIpc) is 2.31. The molecule has 0 saturated carbocycles. The van der Waals surface area contributed by atoms with E-state index in [1.54, 1.807) is 24.4 Å². The first-order chi connectivity index (χ1) is 8.79. The summed E-state index contributed by atoms with van der Waals surface area (Å²) in [5, 5.41) is 6.01. The van der Waals surface area contributed by atoms with Gasteiger partial charge in [0.25, 0.3) is 0 Å². The summed E-state index contributed by atoms with van der Waals surface area (Å²) in [6, 6.07) is 6.26. The van der Waals surface area contributed by atoms with E-state index < -0.39 is 10.0 Å². The number of rotatable bonds is 2. The molecule has 4 nitrogen and oxygen atoms in total. The molecule has 0 aliphatic carbocycles. The summed E-state index contributed by atoms with van der Waals surface area (Å²) in [6.45, 7) is 0. The molecule has 0 bridgehead atoms. The highest BCUT2D eigenvalue weighted by molar-refractivity contribution is 7.89. The second-order valence-corrected chi connectivity index (χ2v) is 6.49. The van der Waals surface area contributed by atoms with Crippen molar-refractivity contribution < 1.29 is 13.0 Å². The second-order valence-electron chi connectivity index (χ2n) is 3.71. The number of aromatic nitrogens is 1. The maximum Gasteiger partial charge on any atom is 0.245 e. The molecular weight excluding hydrogens is 331 g/mol. The highest BCUT2D eigenvalue weighted by Crippen LogP contribution is 2.22. The number of pyridine rings is 1. The van der Waals surface area contributed by atoms with E-state index in [0.29, 0.717) is 15.7 Å². The first kappa shape index (κ1) is 14.6. The Morgan fingerprint density at radius 3 is 2.37 bits per heavy atom. The molecule has 1 aromatic heterocycles. The molecule has 0 amide bonds. The molecule has 1 heterocycles. The Morgan fingerprint density at radius 1 is 1.05 bits per heavy atom. The number of nitrogens with zero attached hydrogens (tertiary/aromatic N) is 1. The fraction of sp³-hybridized carbons (Fsp3) is 0. The van der Waals surface area contributed by atoms with Crippen molar-refractivity contribution in [3.8, 4) is 5.69 Å². The van der Waals surface area contributed by atoms with Gasteiger partial charge in [0, 0.05) is 17.2 Å². The maximum atomic E-state index is 11.4. The molecule has 2 rings (SSSR count). The summed E-state index contributed by atoms with van der Waals surface area (Å²) in [5.41, 5.74) is 0.524. The van der Waals surface area contributed by atoms with Crippen LogP contribution in [-0.4, -0.2) is 8.42 Å². The van der Waals surface area contributed by atoms with E-state index in [1.165, 1.54) is 16.8 Å². The van der Waals surface area contributed by atoms with E-state index >= 15 is 0 Å². The van der Waals surface area contributed by atoms with Crippen LogP contribution in [-0.2, 0) is 10.0 Å². The molecule has 8 heteroatoms. The highest BCUT2D eigenvalue weighted by Gasteiger charge is 2.20. The van der Waals surface area contributed by atoms with Crippen LogP contribution in [0.3, 0.4) is 0 Å². The standard InChI is InChI=1S/C11H8Cl3N2O2S/c12-7-1-2-8(13)10(5-7)16-4-3-9(14)11(6-16)19(15,17)18/h1-6H,(H2,15,17,18)/q+1. The maximum absolute atomic E-state index is 11.4. The van der Waals surface area contributed by atoms with Gasteiger partial charge in [0.15, 0.2) is 17.3 Å². The second kappa shape index (κ2) is 5.26. The third-order valence-corrected chi connectivity index (χ3v) is 4.30. The van der Waals surface area contributed by atoms with Crippen LogP contribution in [0, 0.1) is 0 Å². The molecule has 0 unspecified atom stereocenters. The monoisotopic (exact) mass is 337 g/mol. The minimum Gasteiger partial charge on any atom is -0.224 e. The first-order valence-corrected chi connectivity index (χ1v) is 7.66. The van der Waals surface area contributed by atoms with Crippen LogP contribution in [0.2, 0.25) is 15.1 Å². The molecule has 0 saturated heterocycles. The largest absolute Gasteiger partial charge is 0.245 e. The van der Waals surface area contributed by atoms with Crippen LogP contribution in [0.4, 0.5) is 0 Å². The molecule has 0 aliphatic rings. The van der Waals surface area contributed by atoms with Crippen molar-refractivity contribution in [1.29, 1.82) is 0 Å². The summed E-state index contributed by atoms with van der Waals surface area (Å²) < 4.78 is 24.3. The summed E-state index contributed by atoms with van der Waals surface area (Å²) in [7, 11) is -3.92. The van der Waals surface area contributed by atoms with Gasteiger partial charge in [0.2, 0.25) is 15.7 Å². The van der Waals surface area contributed by atoms with Crippen molar-refractivity contribution in [3.05, 3.63) is 51.7 Å². The molecule has 19 heavy (non-hydrogen) atoms. The Hall–Kier alpha value is -0.850. The molecule has 0 atom stereocenters. The molecule has 0 fully saturated rings. The number of benzene rings is 1. The van der Waals surface area contributed by atoms with Crippen LogP contribution in [0.1, 0.15) is 0 Å². The lowest BCUT2D eigenvalue weighted by molar-refractivity contribution is -0.597. The Kier molecular flexibility index (Phi) is 4.03. The molecular formula is C11H8Cl3N2O2S+. The number of sulfonamides is 1. The van der Waals surface area contributed by atoms with E-state index in [1.807, 2.05) is 0 Å². The molecule has 2 aromatic rings. The van der Waals surface area contributed by atoms with Crippen LogP contribution in [0.5, 0.6) is 0 Å². The SMILES string of the molecule is NS(=O)(=O)c1c[n+](-c2cc(Cl)ccc2Cl)ccc1Cl. The van der Waals surface area contributed by atoms with Gasteiger partial charge in [-0.05, 0) is 12.1 Å². The molecule has 2 N–H and O–H groups in total. The van der Waals surface area contributed by atoms with Gasteiger partial charge in [-0.25, -0.2) is 13.6 Å². The van der Waals surface area contributed by atoms with E-state index in [2.05, 4.69) is 0 Å². The fourth-order valence-corrected chi connectivity index (χ4v) is 2.91. The van der Waals surface area contributed by atoms with Crippen molar-refractivity contribution in [3.63, 3.8) is 0 Å². The Balaban J connectivity index is 2.68. The van der Waals surface area contributed by atoms with Gasteiger partial charge in [-0.15, -0.1) is 0 Å². The van der Waals surface area contributed by atoms with Crippen molar-refractivity contribution in [2.75, 3.05) is 0 Å². The van der Waals surface area contributed by atoms with Crippen LogP contribution in [0.25, 0.3) is 5.69 Å². The van der Waals surface area contributed by atoms with E-state index in [0.717, 1.165) is 0 Å². The first-order valence-electron chi connectivity index (χ1n) is 4.98. The number of hydrogen-bond acceptors (Lipinski definition) is 2. The summed E-state index contributed by atoms with van der Waals surface area (Å²) in [4.78, 5) is -0.187. The summed E-state index contributed by atoms with van der Waals surface area (Å²) in [6.07, 6.45) is 2.85. The molecule has 100 valence electrons. The number of hydrogen-bond donors (Lipinski definition) is 1. The van der Waals surface area contributed by atoms with Crippen molar-refractivity contribution in [1.82, 2.24) is 0 Å². The number of primary sulfonamides is 1. The normalized spacial score (nSPS) is 11.6. The van der Waals surface area contributed by atoms with Crippen molar-refractivity contribution >= 4 is 44.8 Å². The fourth-order valence-electron chi connectivity index (χ4n) is 1.50. The topological polar surface area (TPSA) is 64.0 Å². The zero-order valence-corrected chi connectivity index (χ0v) is 12.4. The third kappa shape index (κ3) is 3.19. The van der Waals surface area contributed by atoms with Gasteiger partial charge in [-0.1, -0.05) is 34.8 Å². The number of nitrogens with two attached hydrogens (primary N) is 1. The Labute approximate surface area is 125 Å². The third-order valence-electron chi connectivity index (χ3n) is 2.37. The predicted molar refractivity (Wildman–Crippen MR) is 74.4 cm³/mol. The smallest absolute Gasteiger partial charge is 0.224 e. The molecule has 0 radical (unpaired) electrons. The predicted octanol–water partition coefficient (Wildman–Crippen LogP) is 2.57. The van der Waals surface area contributed by atoms with Crippen molar-refractivity contribution in [2.24, 2.45) is 5.14 Å². The zero-order valence-electron chi connectivity index (χ0n) is 9.35. The van der Waals surface area contributed by atoms with E-state index in [9.17, 15) is 8.42 Å². The van der Waals surface area contributed by atoms with Gasteiger partial charge in [0.05, 0.1) is 5.02 Å². The Bertz CT molecular complexity index is 748. The minimum absolute atomic E-state index is 0.0388. The molecule has 0 spiro atoms. The lowest BCUT2D eigenvalue weighted by Gasteiger charge is -2.03. The Morgan fingerprint density at radius 2 is 1.74 bits per heavy atom. The summed E-state index contributed by atoms with van der Waals surface area (Å²) >= 11 is 17.7. The van der Waals surface area contributed by atoms with Gasteiger partial charge >= 0.3 is 0 Å². The van der Waals surface area contributed by atoms with E-state index in [4.69, 9.17) is 39.9 Å². The lowest BCUT2D eigenvalue weighted by Crippen LogP contribution is -2.32.